The van der Waals surface area contributed by atoms with E-state index in [0.29, 0.717) is 23.5 Å². The zero-order chi connectivity index (χ0) is 24.6. The topological polar surface area (TPSA) is 58.6 Å². The number of carbonyl (C=O) groups is 2. The third kappa shape index (κ3) is 6.36. The van der Waals surface area contributed by atoms with Crippen molar-refractivity contribution in [3.63, 3.8) is 0 Å². The van der Waals surface area contributed by atoms with Crippen molar-refractivity contribution in [2.45, 2.75) is 19.6 Å². The third-order valence-corrected chi connectivity index (χ3v) is 5.63. The van der Waals surface area contributed by atoms with E-state index < -0.39 is 6.10 Å². The lowest BCUT2D eigenvalue weighted by Gasteiger charge is -2.18. The Morgan fingerprint density at radius 1 is 0.800 bits per heavy atom. The summed E-state index contributed by atoms with van der Waals surface area (Å²) in [6, 6.07) is 34.5. The fourth-order valence-corrected chi connectivity index (χ4v) is 3.74. The number of carbonyl (C=O) groups excluding carboxylic acids is 2. The fraction of sp³-hybridized carbons (Fsp3) is 0.133. The molecule has 0 aliphatic rings. The molecule has 0 aliphatic carbocycles. The first-order valence-electron chi connectivity index (χ1n) is 11.5. The molecule has 176 valence electrons. The number of ether oxygens (including phenoxy) is 1. The summed E-state index contributed by atoms with van der Waals surface area (Å²) < 4.78 is 5.83. The van der Waals surface area contributed by atoms with Crippen LogP contribution in [0.4, 0.5) is 5.69 Å². The van der Waals surface area contributed by atoms with Crippen molar-refractivity contribution in [3.8, 4) is 16.9 Å². The summed E-state index contributed by atoms with van der Waals surface area (Å²) in [4.78, 5) is 27.3. The van der Waals surface area contributed by atoms with Gasteiger partial charge < -0.3 is 15.0 Å². The van der Waals surface area contributed by atoms with Crippen molar-refractivity contribution in [2.75, 3.05) is 12.4 Å². The molecule has 0 heterocycles. The molecule has 5 nitrogen and oxygen atoms in total. The molecule has 0 spiro atoms. The van der Waals surface area contributed by atoms with Crippen LogP contribution in [0.3, 0.4) is 0 Å². The predicted octanol–water partition coefficient (Wildman–Crippen LogP) is 6.03. The van der Waals surface area contributed by atoms with E-state index in [1.807, 2.05) is 84.9 Å². The Morgan fingerprint density at radius 3 is 2.11 bits per heavy atom. The Morgan fingerprint density at radius 2 is 1.43 bits per heavy atom. The van der Waals surface area contributed by atoms with Gasteiger partial charge in [0.1, 0.15) is 5.75 Å². The molecule has 1 N–H and O–H groups in total. The maximum Gasteiger partial charge on any atom is 0.265 e. The molecule has 4 aromatic rings. The summed E-state index contributed by atoms with van der Waals surface area (Å²) in [6.45, 7) is 2.20. The SMILES string of the molecule is CC(Oc1ccc(-c2ccccc2)cc1)C(=O)Nc1cccc(C(=O)N(C)Cc2ccccc2)c1. The maximum atomic E-state index is 12.9. The highest BCUT2D eigenvalue weighted by Gasteiger charge is 2.17. The first-order valence-corrected chi connectivity index (χ1v) is 11.5. The van der Waals surface area contributed by atoms with Gasteiger partial charge in [0, 0.05) is 24.8 Å². The number of anilines is 1. The van der Waals surface area contributed by atoms with Crippen LogP contribution in [-0.2, 0) is 11.3 Å². The smallest absolute Gasteiger partial charge is 0.265 e. The van der Waals surface area contributed by atoms with E-state index in [1.165, 1.54) is 0 Å². The molecular weight excluding hydrogens is 436 g/mol. The van der Waals surface area contributed by atoms with Crippen molar-refractivity contribution in [2.24, 2.45) is 0 Å². The molecule has 0 bridgehead atoms. The summed E-state index contributed by atoms with van der Waals surface area (Å²) in [5.41, 5.74) is 4.30. The highest BCUT2D eigenvalue weighted by atomic mass is 16.5. The zero-order valence-electron chi connectivity index (χ0n) is 19.8. The van der Waals surface area contributed by atoms with Crippen molar-refractivity contribution in [1.82, 2.24) is 4.90 Å². The molecule has 5 heteroatoms. The number of hydrogen-bond donors (Lipinski definition) is 1. The average molecular weight is 465 g/mol. The minimum atomic E-state index is -0.710. The van der Waals surface area contributed by atoms with E-state index in [-0.39, 0.29) is 11.8 Å². The second kappa shape index (κ2) is 11.2. The van der Waals surface area contributed by atoms with Crippen LogP contribution in [-0.4, -0.2) is 29.9 Å². The third-order valence-electron chi connectivity index (χ3n) is 5.63. The number of rotatable bonds is 8. The summed E-state index contributed by atoms with van der Waals surface area (Å²) in [7, 11) is 1.76. The largest absolute Gasteiger partial charge is 0.481 e. The molecule has 1 unspecified atom stereocenters. The Hall–Kier alpha value is -4.38. The van der Waals surface area contributed by atoms with Gasteiger partial charge in [-0.05, 0) is 53.9 Å². The molecule has 0 fully saturated rings. The maximum absolute atomic E-state index is 12.9. The van der Waals surface area contributed by atoms with Crippen LogP contribution in [0.5, 0.6) is 5.75 Å². The minimum absolute atomic E-state index is 0.118. The van der Waals surface area contributed by atoms with Gasteiger partial charge in [0.05, 0.1) is 0 Å². The molecule has 0 aromatic heterocycles. The summed E-state index contributed by atoms with van der Waals surface area (Å²) >= 11 is 0. The lowest BCUT2D eigenvalue weighted by atomic mass is 10.1. The zero-order valence-corrected chi connectivity index (χ0v) is 19.8. The molecule has 1 atom stereocenters. The second-order valence-electron chi connectivity index (χ2n) is 8.37. The van der Waals surface area contributed by atoms with E-state index in [0.717, 1.165) is 16.7 Å². The van der Waals surface area contributed by atoms with E-state index in [2.05, 4.69) is 5.32 Å². The molecule has 4 rings (SSSR count). The number of hydrogen-bond acceptors (Lipinski definition) is 3. The summed E-state index contributed by atoms with van der Waals surface area (Å²) in [6.07, 6.45) is -0.710. The lowest BCUT2D eigenvalue weighted by Crippen LogP contribution is -2.30. The Bertz CT molecular complexity index is 1270. The predicted molar refractivity (Wildman–Crippen MR) is 139 cm³/mol. The van der Waals surface area contributed by atoms with Crippen LogP contribution in [0.25, 0.3) is 11.1 Å². The van der Waals surface area contributed by atoms with Crippen LogP contribution in [0.15, 0.2) is 109 Å². The molecule has 4 aromatic carbocycles. The molecular formula is C30H28N2O3. The van der Waals surface area contributed by atoms with Gasteiger partial charge in [-0.25, -0.2) is 0 Å². The van der Waals surface area contributed by atoms with Crippen LogP contribution in [0.2, 0.25) is 0 Å². The van der Waals surface area contributed by atoms with Crippen molar-refractivity contribution in [1.29, 1.82) is 0 Å². The lowest BCUT2D eigenvalue weighted by molar-refractivity contribution is -0.122. The normalized spacial score (nSPS) is 11.4. The van der Waals surface area contributed by atoms with E-state index in [9.17, 15) is 9.59 Å². The van der Waals surface area contributed by atoms with Crippen LogP contribution in [0.1, 0.15) is 22.8 Å². The van der Waals surface area contributed by atoms with Gasteiger partial charge >= 0.3 is 0 Å². The fourth-order valence-electron chi connectivity index (χ4n) is 3.74. The number of amides is 2. The standard InChI is InChI=1S/C30H28N2O3/c1-22(35-28-18-16-25(17-19-28)24-12-7-4-8-13-24)29(33)31-27-15-9-14-26(20-27)30(34)32(2)21-23-10-5-3-6-11-23/h3-20,22H,21H2,1-2H3,(H,31,33). The Balaban J connectivity index is 1.35. The Kier molecular flexibility index (Phi) is 7.58. The number of benzene rings is 4. The van der Waals surface area contributed by atoms with Crippen molar-refractivity contribution in [3.05, 3.63) is 120 Å². The average Bonchev–Trinajstić information content (AvgIpc) is 2.90. The first-order chi connectivity index (χ1) is 17.0. The van der Waals surface area contributed by atoms with Crippen LogP contribution < -0.4 is 10.1 Å². The van der Waals surface area contributed by atoms with E-state index >= 15 is 0 Å². The molecule has 0 radical (unpaired) electrons. The van der Waals surface area contributed by atoms with Gasteiger partial charge in [-0.15, -0.1) is 0 Å². The highest BCUT2D eigenvalue weighted by Crippen LogP contribution is 2.23. The van der Waals surface area contributed by atoms with Crippen LogP contribution >= 0.6 is 0 Å². The molecule has 35 heavy (non-hydrogen) atoms. The van der Waals surface area contributed by atoms with E-state index in [4.69, 9.17) is 4.74 Å². The van der Waals surface area contributed by atoms with Gasteiger partial charge in [-0.3, -0.25) is 9.59 Å². The number of nitrogens with zero attached hydrogens (tertiary/aromatic N) is 1. The quantitative estimate of drug-likeness (QED) is 0.346. The van der Waals surface area contributed by atoms with Crippen molar-refractivity contribution < 1.29 is 14.3 Å². The molecule has 0 saturated heterocycles. The van der Waals surface area contributed by atoms with Crippen LogP contribution in [0, 0.1) is 0 Å². The summed E-state index contributed by atoms with van der Waals surface area (Å²) in [5, 5.41) is 2.85. The van der Waals surface area contributed by atoms with Gasteiger partial charge in [0.2, 0.25) is 0 Å². The van der Waals surface area contributed by atoms with Gasteiger partial charge in [0.15, 0.2) is 6.10 Å². The summed E-state index contributed by atoms with van der Waals surface area (Å²) in [5.74, 6) is 0.200. The first kappa shape index (κ1) is 23.8. The monoisotopic (exact) mass is 464 g/mol. The number of nitrogens with one attached hydrogen (secondary N) is 1. The van der Waals surface area contributed by atoms with Gasteiger partial charge in [-0.2, -0.15) is 0 Å². The molecule has 2 amide bonds. The van der Waals surface area contributed by atoms with Gasteiger partial charge in [-0.1, -0.05) is 78.9 Å². The highest BCUT2D eigenvalue weighted by molar-refractivity contribution is 5.98. The molecule has 0 saturated carbocycles. The Labute approximate surface area is 206 Å². The second-order valence-corrected chi connectivity index (χ2v) is 8.37. The van der Waals surface area contributed by atoms with Gasteiger partial charge in [0.25, 0.3) is 11.8 Å². The molecule has 0 aliphatic heterocycles. The minimum Gasteiger partial charge on any atom is -0.481 e. The van der Waals surface area contributed by atoms with E-state index in [1.54, 1.807) is 43.1 Å². The van der Waals surface area contributed by atoms with Crippen molar-refractivity contribution >= 4 is 17.5 Å².